The summed E-state index contributed by atoms with van der Waals surface area (Å²) in [7, 11) is 4.89. The average molecular weight is 449 g/mol. The van der Waals surface area contributed by atoms with Crippen LogP contribution in [0.2, 0.25) is 0 Å². The first-order valence-electron chi connectivity index (χ1n) is 10.3. The van der Waals surface area contributed by atoms with Gasteiger partial charge in [0, 0.05) is 44.4 Å². The first-order valence-corrected chi connectivity index (χ1v) is 10.3. The molecule has 2 aromatic carbocycles. The van der Waals surface area contributed by atoms with Crippen molar-refractivity contribution in [3.8, 4) is 11.5 Å². The monoisotopic (exact) mass is 448 g/mol. The maximum absolute atomic E-state index is 12.8. The van der Waals surface area contributed by atoms with Crippen molar-refractivity contribution in [1.82, 2.24) is 15.5 Å². The number of benzene rings is 2. The van der Waals surface area contributed by atoms with Crippen molar-refractivity contribution in [2.75, 3.05) is 34.3 Å². The summed E-state index contributed by atoms with van der Waals surface area (Å²) in [4.78, 5) is 18.2. The van der Waals surface area contributed by atoms with Crippen molar-refractivity contribution in [3.05, 3.63) is 59.2 Å². The van der Waals surface area contributed by atoms with E-state index in [1.165, 1.54) is 13.2 Å². The quantitative estimate of drug-likeness (QED) is 0.431. The molecule has 174 valence electrons. The van der Waals surface area contributed by atoms with Gasteiger partial charge in [0.15, 0.2) is 5.96 Å². The largest absolute Gasteiger partial charge is 0.497 e. The van der Waals surface area contributed by atoms with Crippen LogP contribution in [0.15, 0.2) is 47.5 Å². The Morgan fingerprint density at radius 1 is 1.16 bits per heavy atom. The van der Waals surface area contributed by atoms with E-state index >= 15 is 0 Å². The summed E-state index contributed by atoms with van der Waals surface area (Å²) in [6.45, 7) is 0.364. The molecule has 0 unspecified atom stereocenters. The van der Waals surface area contributed by atoms with Crippen LogP contribution in [0.3, 0.4) is 0 Å². The molecule has 0 saturated heterocycles. The molecule has 0 aliphatic heterocycles. The first kappa shape index (κ1) is 24.9. The Morgan fingerprint density at radius 3 is 2.59 bits per heavy atom. The molecule has 32 heavy (non-hydrogen) atoms. The Hall–Kier alpha value is -3.36. The van der Waals surface area contributed by atoms with Gasteiger partial charge >= 0.3 is 6.61 Å². The lowest BCUT2D eigenvalue weighted by molar-refractivity contribution is -0.0505. The second-order valence-corrected chi connectivity index (χ2v) is 7.12. The summed E-state index contributed by atoms with van der Waals surface area (Å²) >= 11 is 0. The molecule has 2 rings (SSSR count). The molecular weight excluding hydrogens is 418 g/mol. The summed E-state index contributed by atoms with van der Waals surface area (Å²) in [5.41, 5.74) is 2.17. The molecule has 0 aliphatic carbocycles. The molecule has 0 aliphatic rings. The number of aliphatic imine (C=N–C) groups is 1. The Morgan fingerprint density at radius 2 is 1.94 bits per heavy atom. The number of carbonyl (C=O) groups is 1. The van der Waals surface area contributed by atoms with Crippen LogP contribution in [0.5, 0.6) is 11.5 Å². The Bertz CT molecular complexity index is 920. The SMILES string of the molecule is CCNC(=NCc1ccc(OC)cc1OC(F)F)NCCc1cccc(C(=O)N(C)C)c1. The van der Waals surface area contributed by atoms with Gasteiger partial charge in [-0.2, -0.15) is 8.78 Å². The number of amides is 1. The van der Waals surface area contributed by atoms with Crippen LogP contribution in [0.4, 0.5) is 8.78 Å². The molecule has 2 aromatic rings. The molecule has 0 aromatic heterocycles. The number of hydrogen-bond donors (Lipinski definition) is 2. The van der Waals surface area contributed by atoms with Gasteiger partial charge in [0.1, 0.15) is 11.5 Å². The van der Waals surface area contributed by atoms with E-state index in [2.05, 4.69) is 20.4 Å². The molecule has 0 atom stereocenters. The summed E-state index contributed by atoms with van der Waals surface area (Å²) in [6.07, 6.45) is 0.682. The zero-order valence-electron chi connectivity index (χ0n) is 18.8. The lowest BCUT2D eigenvalue weighted by Gasteiger charge is -2.14. The molecule has 2 N–H and O–H groups in total. The van der Waals surface area contributed by atoms with E-state index in [4.69, 9.17) is 4.74 Å². The molecule has 1 amide bonds. The van der Waals surface area contributed by atoms with Crippen molar-refractivity contribution in [2.24, 2.45) is 4.99 Å². The van der Waals surface area contributed by atoms with Crippen molar-refractivity contribution in [1.29, 1.82) is 0 Å². The Labute approximate surface area is 187 Å². The highest BCUT2D eigenvalue weighted by atomic mass is 19.3. The van der Waals surface area contributed by atoms with E-state index in [1.807, 2.05) is 25.1 Å². The fraction of sp³-hybridized carbons (Fsp3) is 0.391. The van der Waals surface area contributed by atoms with Crippen LogP contribution in [-0.4, -0.2) is 57.7 Å². The lowest BCUT2D eigenvalue weighted by atomic mass is 10.1. The van der Waals surface area contributed by atoms with E-state index in [0.717, 1.165) is 5.56 Å². The number of rotatable bonds is 10. The van der Waals surface area contributed by atoms with Gasteiger partial charge < -0.3 is 25.0 Å². The topological polar surface area (TPSA) is 75.2 Å². The van der Waals surface area contributed by atoms with Gasteiger partial charge in [0.25, 0.3) is 5.91 Å². The number of alkyl halides is 2. The van der Waals surface area contributed by atoms with Gasteiger partial charge in [-0.1, -0.05) is 12.1 Å². The van der Waals surface area contributed by atoms with Gasteiger partial charge in [0.05, 0.1) is 13.7 Å². The molecule has 0 radical (unpaired) electrons. The number of nitrogens with zero attached hydrogens (tertiary/aromatic N) is 2. The number of hydrogen-bond acceptors (Lipinski definition) is 4. The number of halogens is 2. The third-order valence-electron chi connectivity index (χ3n) is 4.53. The van der Waals surface area contributed by atoms with Crippen molar-refractivity contribution < 1.29 is 23.0 Å². The van der Waals surface area contributed by atoms with Crippen molar-refractivity contribution >= 4 is 11.9 Å². The van der Waals surface area contributed by atoms with E-state index in [-0.39, 0.29) is 18.2 Å². The minimum Gasteiger partial charge on any atom is -0.497 e. The average Bonchev–Trinajstić information content (AvgIpc) is 2.77. The minimum absolute atomic E-state index is 0.0290. The van der Waals surface area contributed by atoms with Crippen LogP contribution < -0.4 is 20.1 Å². The van der Waals surface area contributed by atoms with Gasteiger partial charge in [-0.15, -0.1) is 0 Å². The highest BCUT2D eigenvalue weighted by molar-refractivity contribution is 5.94. The summed E-state index contributed by atoms with van der Waals surface area (Å²) in [5.74, 6) is 0.956. The second kappa shape index (κ2) is 12.5. The van der Waals surface area contributed by atoms with E-state index in [0.29, 0.717) is 42.3 Å². The van der Waals surface area contributed by atoms with Gasteiger partial charge in [-0.25, -0.2) is 4.99 Å². The predicted octanol–water partition coefficient (Wildman–Crippen LogP) is 3.30. The van der Waals surface area contributed by atoms with Crippen LogP contribution in [0, 0.1) is 0 Å². The van der Waals surface area contributed by atoms with E-state index in [1.54, 1.807) is 37.2 Å². The van der Waals surface area contributed by atoms with Gasteiger partial charge in [0.2, 0.25) is 0 Å². The number of guanidine groups is 1. The Balaban J connectivity index is 2.04. The number of methoxy groups -OCH3 is 1. The highest BCUT2D eigenvalue weighted by Crippen LogP contribution is 2.27. The molecule has 0 spiro atoms. The Kier molecular flexibility index (Phi) is 9.72. The molecule has 0 fully saturated rings. The van der Waals surface area contributed by atoms with E-state index < -0.39 is 6.61 Å². The fourth-order valence-corrected chi connectivity index (χ4v) is 2.95. The third kappa shape index (κ3) is 7.72. The normalized spacial score (nSPS) is 11.3. The van der Waals surface area contributed by atoms with Crippen LogP contribution >= 0.6 is 0 Å². The fourth-order valence-electron chi connectivity index (χ4n) is 2.95. The molecule has 0 heterocycles. The van der Waals surface area contributed by atoms with Crippen LogP contribution in [0.25, 0.3) is 0 Å². The number of nitrogens with one attached hydrogen (secondary N) is 2. The second-order valence-electron chi connectivity index (χ2n) is 7.12. The highest BCUT2D eigenvalue weighted by Gasteiger charge is 2.12. The lowest BCUT2D eigenvalue weighted by Crippen LogP contribution is -2.38. The molecular formula is C23H30F2N4O3. The maximum atomic E-state index is 12.8. The standard InChI is InChI=1S/C23H30F2N4O3/c1-5-26-23(27-12-11-16-7-6-8-17(13-16)21(30)29(2)3)28-15-18-9-10-19(31-4)14-20(18)32-22(24)25/h6-10,13-14,22H,5,11-12,15H2,1-4H3,(H2,26,27,28). The molecule has 7 nitrogen and oxygen atoms in total. The molecule has 9 heteroatoms. The van der Waals surface area contributed by atoms with Crippen LogP contribution in [-0.2, 0) is 13.0 Å². The zero-order valence-corrected chi connectivity index (χ0v) is 18.8. The molecule has 0 bridgehead atoms. The van der Waals surface area contributed by atoms with Crippen molar-refractivity contribution in [2.45, 2.75) is 26.5 Å². The van der Waals surface area contributed by atoms with Crippen molar-refractivity contribution in [3.63, 3.8) is 0 Å². The minimum atomic E-state index is -2.94. The number of ether oxygens (including phenoxy) is 2. The predicted molar refractivity (Wildman–Crippen MR) is 121 cm³/mol. The summed E-state index contributed by atoms with van der Waals surface area (Å²) in [5, 5.41) is 6.35. The maximum Gasteiger partial charge on any atom is 0.387 e. The number of carbonyl (C=O) groups excluding carboxylic acids is 1. The summed E-state index contributed by atoms with van der Waals surface area (Å²) < 4.78 is 35.2. The first-order chi connectivity index (χ1) is 15.3. The van der Waals surface area contributed by atoms with E-state index in [9.17, 15) is 13.6 Å². The van der Waals surface area contributed by atoms with Crippen LogP contribution in [0.1, 0.15) is 28.4 Å². The molecule has 0 saturated carbocycles. The summed E-state index contributed by atoms with van der Waals surface area (Å²) in [6, 6.07) is 12.2. The van der Waals surface area contributed by atoms with Gasteiger partial charge in [-0.3, -0.25) is 4.79 Å². The zero-order chi connectivity index (χ0) is 23.5. The smallest absolute Gasteiger partial charge is 0.387 e. The third-order valence-corrected chi connectivity index (χ3v) is 4.53. The van der Waals surface area contributed by atoms with Gasteiger partial charge in [-0.05, 0) is 43.2 Å².